The minimum absolute atomic E-state index is 0.0429. The molecule has 3 heterocycles. The Morgan fingerprint density at radius 2 is 1.90 bits per heavy atom. The first-order chi connectivity index (χ1) is 15.0. The van der Waals surface area contributed by atoms with Gasteiger partial charge in [-0.15, -0.1) is 0 Å². The molecule has 1 aliphatic carbocycles. The van der Waals surface area contributed by atoms with Gasteiger partial charge in [-0.2, -0.15) is 5.10 Å². The molecule has 0 radical (unpaired) electrons. The van der Waals surface area contributed by atoms with Gasteiger partial charge < -0.3 is 15.5 Å². The van der Waals surface area contributed by atoms with Crippen LogP contribution >= 0.6 is 0 Å². The SMILES string of the molecule is Cc1ccc(C(=O)NC2CC2)cc1Nc1ncnn2cc(C(=O)N3CCCC3)c(C)c12. The van der Waals surface area contributed by atoms with Gasteiger partial charge in [0, 0.05) is 36.6 Å². The number of rotatable bonds is 5. The monoisotopic (exact) mass is 418 g/mol. The van der Waals surface area contributed by atoms with Gasteiger partial charge in [0.25, 0.3) is 11.8 Å². The molecule has 2 fully saturated rings. The predicted octanol–water partition coefficient (Wildman–Crippen LogP) is 3.22. The lowest BCUT2D eigenvalue weighted by molar-refractivity contribution is 0.0792. The third kappa shape index (κ3) is 3.73. The molecule has 0 spiro atoms. The van der Waals surface area contributed by atoms with E-state index in [1.165, 1.54) is 6.33 Å². The number of nitrogens with zero attached hydrogens (tertiary/aromatic N) is 4. The van der Waals surface area contributed by atoms with Crippen LogP contribution in [0.5, 0.6) is 0 Å². The Balaban J connectivity index is 1.48. The quantitative estimate of drug-likeness (QED) is 0.664. The normalized spacial score (nSPS) is 16.0. The highest BCUT2D eigenvalue weighted by Gasteiger charge is 2.25. The number of anilines is 2. The summed E-state index contributed by atoms with van der Waals surface area (Å²) in [5.41, 5.74) is 4.67. The molecular weight excluding hydrogens is 392 g/mol. The zero-order chi connectivity index (χ0) is 21.5. The summed E-state index contributed by atoms with van der Waals surface area (Å²) in [4.78, 5) is 31.8. The Bertz CT molecular complexity index is 1170. The number of aryl methyl sites for hydroxylation is 2. The molecular formula is C23H26N6O2. The number of hydrogen-bond donors (Lipinski definition) is 2. The van der Waals surface area contributed by atoms with Gasteiger partial charge in [0.2, 0.25) is 0 Å². The van der Waals surface area contributed by atoms with Crippen molar-refractivity contribution in [2.45, 2.75) is 45.6 Å². The molecule has 1 aliphatic heterocycles. The van der Waals surface area contributed by atoms with Crippen molar-refractivity contribution >= 4 is 28.8 Å². The number of fused-ring (bicyclic) bond motifs is 1. The van der Waals surface area contributed by atoms with Gasteiger partial charge in [0.05, 0.1) is 5.56 Å². The molecule has 3 aromatic rings. The van der Waals surface area contributed by atoms with Crippen LogP contribution in [0.1, 0.15) is 57.5 Å². The van der Waals surface area contributed by atoms with Crippen LogP contribution in [-0.2, 0) is 0 Å². The van der Waals surface area contributed by atoms with Crippen LogP contribution in [0.15, 0.2) is 30.7 Å². The van der Waals surface area contributed by atoms with E-state index in [1.54, 1.807) is 10.7 Å². The van der Waals surface area contributed by atoms with Crippen LogP contribution in [0, 0.1) is 13.8 Å². The van der Waals surface area contributed by atoms with Gasteiger partial charge in [-0.3, -0.25) is 9.59 Å². The fourth-order valence-corrected chi connectivity index (χ4v) is 4.08. The third-order valence-corrected chi connectivity index (χ3v) is 6.12. The van der Waals surface area contributed by atoms with E-state index < -0.39 is 0 Å². The third-order valence-electron chi connectivity index (χ3n) is 6.12. The molecule has 5 rings (SSSR count). The Kier molecular flexibility index (Phi) is 4.84. The summed E-state index contributed by atoms with van der Waals surface area (Å²) < 4.78 is 1.70. The molecule has 0 bridgehead atoms. The van der Waals surface area contributed by atoms with Crippen LogP contribution in [0.4, 0.5) is 11.5 Å². The average Bonchev–Trinajstić information content (AvgIpc) is 3.27. The van der Waals surface area contributed by atoms with E-state index in [1.807, 2.05) is 36.9 Å². The number of amides is 2. The summed E-state index contributed by atoms with van der Waals surface area (Å²) >= 11 is 0. The molecule has 0 atom stereocenters. The van der Waals surface area contributed by atoms with Gasteiger partial charge in [-0.1, -0.05) is 6.07 Å². The predicted molar refractivity (Wildman–Crippen MR) is 118 cm³/mol. The number of aromatic nitrogens is 3. The first-order valence-corrected chi connectivity index (χ1v) is 10.8. The van der Waals surface area contributed by atoms with Crippen molar-refractivity contribution in [3.05, 3.63) is 53.0 Å². The Labute approximate surface area is 180 Å². The molecule has 1 aromatic carbocycles. The van der Waals surface area contributed by atoms with E-state index in [0.29, 0.717) is 23.0 Å². The van der Waals surface area contributed by atoms with E-state index in [-0.39, 0.29) is 11.8 Å². The minimum atomic E-state index is -0.0595. The molecule has 8 nitrogen and oxygen atoms in total. The number of benzene rings is 1. The maximum atomic E-state index is 13.0. The first-order valence-electron chi connectivity index (χ1n) is 10.8. The Morgan fingerprint density at radius 1 is 1.13 bits per heavy atom. The molecule has 31 heavy (non-hydrogen) atoms. The van der Waals surface area contributed by atoms with Gasteiger partial charge in [-0.25, -0.2) is 9.50 Å². The molecule has 2 amide bonds. The average molecular weight is 419 g/mol. The topological polar surface area (TPSA) is 91.6 Å². The zero-order valence-corrected chi connectivity index (χ0v) is 17.8. The summed E-state index contributed by atoms with van der Waals surface area (Å²) in [6, 6.07) is 5.92. The molecule has 2 aromatic heterocycles. The maximum Gasteiger partial charge on any atom is 0.255 e. The minimum Gasteiger partial charge on any atom is -0.349 e. The number of nitrogens with one attached hydrogen (secondary N) is 2. The molecule has 1 saturated heterocycles. The number of likely N-dealkylation sites (tertiary alicyclic amines) is 1. The van der Waals surface area contributed by atoms with Crippen LogP contribution in [0.25, 0.3) is 5.52 Å². The maximum absolute atomic E-state index is 13.0. The van der Waals surface area contributed by atoms with E-state index in [2.05, 4.69) is 20.7 Å². The Morgan fingerprint density at radius 3 is 2.65 bits per heavy atom. The summed E-state index contributed by atoms with van der Waals surface area (Å²) in [6.07, 6.45) is 7.45. The van der Waals surface area contributed by atoms with Crippen molar-refractivity contribution in [3.8, 4) is 0 Å². The highest BCUT2D eigenvalue weighted by molar-refractivity contribution is 5.99. The van der Waals surface area contributed by atoms with Crippen LogP contribution in [0.3, 0.4) is 0 Å². The summed E-state index contributed by atoms with van der Waals surface area (Å²) in [5.74, 6) is 0.591. The van der Waals surface area contributed by atoms with Gasteiger partial charge >= 0.3 is 0 Å². The van der Waals surface area contributed by atoms with E-state index in [0.717, 1.165) is 61.1 Å². The molecule has 8 heteroatoms. The number of carbonyl (C=O) groups excluding carboxylic acids is 2. The largest absolute Gasteiger partial charge is 0.349 e. The number of carbonyl (C=O) groups is 2. The smallest absolute Gasteiger partial charge is 0.255 e. The van der Waals surface area contributed by atoms with Crippen molar-refractivity contribution in [1.82, 2.24) is 24.8 Å². The van der Waals surface area contributed by atoms with Crippen molar-refractivity contribution in [3.63, 3.8) is 0 Å². The second kappa shape index (κ2) is 7.68. The first kappa shape index (κ1) is 19.5. The molecule has 1 saturated carbocycles. The van der Waals surface area contributed by atoms with Gasteiger partial charge in [0.1, 0.15) is 11.8 Å². The van der Waals surface area contributed by atoms with Crippen LogP contribution in [-0.4, -0.2) is 50.4 Å². The molecule has 160 valence electrons. The lowest BCUT2D eigenvalue weighted by atomic mass is 10.1. The second-order valence-corrected chi connectivity index (χ2v) is 8.47. The van der Waals surface area contributed by atoms with Crippen molar-refractivity contribution in [2.24, 2.45) is 0 Å². The summed E-state index contributed by atoms with van der Waals surface area (Å²) in [6.45, 7) is 5.52. The summed E-state index contributed by atoms with van der Waals surface area (Å²) in [7, 11) is 0. The lowest BCUT2D eigenvalue weighted by Crippen LogP contribution is -2.27. The Hall–Kier alpha value is -3.42. The van der Waals surface area contributed by atoms with Crippen molar-refractivity contribution in [1.29, 1.82) is 0 Å². The lowest BCUT2D eigenvalue weighted by Gasteiger charge is -2.14. The highest BCUT2D eigenvalue weighted by Crippen LogP contribution is 2.29. The highest BCUT2D eigenvalue weighted by atomic mass is 16.2. The van der Waals surface area contributed by atoms with Crippen molar-refractivity contribution < 1.29 is 9.59 Å². The van der Waals surface area contributed by atoms with E-state index in [9.17, 15) is 9.59 Å². The van der Waals surface area contributed by atoms with Crippen LogP contribution < -0.4 is 10.6 Å². The molecule has 2 aliphatic rings. The molecule has 0 unspecified atom stereocenters. The van der Waals surface area contributed by atoms with Gasteiger partial charge in [0.15, 0.2) is 5.82 Å². The van der Waals surface area contributed by atoms with Crippen molar-refractivity contribution in [2.75, 3.05) is 18.4 Å². The zero-order valence-electron chi connectivity index (χ0n) is 17.8. The molecule has 2 N–H and O–H groups in total. The fourth-order valence-electron chi connectivity index (χ4n) is 4.08. The van der Waals surface area contributed by atoms with Crippen LogP contribution in [0.2, 0.25) is 0 Å². The van der Waals surface area contributed by atoms with Gasteiger partial charge in [-0.05, 0) is 62.8 Å². The standard InChI is InChI=1S/C23H26N6O2/c1-14-5-6-16(22(30)26-17-7-8-17)11-19(14)27-21-20-15(2)18(12-29(20)25-13-24-21)23(31)28-9-3-4-10-28/h5-6,11-13,17H,3-4,7-10H2,1-2H3,(H,26,30)(H,24,25,27). The van der Waals surface area contributed by atoms with E-state index in [4.69, 9.17) is 0 Å². The second-order valence-electron chi connectivity index (χ2n) is 8.47. The fraction of sp³-hybridized carbons (Fsp3) is 0.391. The van der Waals surface area contributed by atoms with E-state index >= 15 is 0 Å². The number of hydrogen-bond acceptors (Lipinski definition) is 5. The summed E-state index contributed by atoms with van der Waals surface area (Å²) in [5, 5.41) is 10.7.